The van der Waals surface area contributed by atoms with Gasteiger partial charge in [-0.1, -0.05) is 74.5 Å². The van der Waals surface area contributed by atoms with Crippen LogP contribution in [-0.2, 0) is 41.6 Å². The lowest BCUT2D eigenvalue weighted by Gasteiger charge is -2.35. The normalized spacial score (nSPS) is 14.6. The zero-order chi connectivity index (χ0) is 35.5. The Morgan fingerprint density at radius 2 is 1.30 bits per heavy atom. The number of benzene rings is 2. The summed E-state index contributed by atoms with van der Waals surface area (Å²) in [4.78, 5) is 78.9. The maximum absolute atomic E-state index is 14.3. The summed E-state index contributed by atoms with van der Waals surface area (Å²) in [5, 5.41) is 32.6. The highest BCUT2D eigenvalue weighted by atomic mass is 16.6. The van der Waals surface area contributed by atoms with E-state index < -0.39 is 71.4 Å². The second kappa shape index (κ2) is 17.2. The van der Waals surface area contributed by atoms with Crippen LogP contribution in [0.1, 0.15) is 58.6 Å². The monoisotopic (exact) mass is 655 g/mol. The van der Waals surface area contributed by atoms with Crippen LogP contribution in [-0.4, -0.2) is 79.8 Å². The number of carboxylic acids is 3. The van der Waals surface area contributed by atoms with E-state index in [4.69, 9.17) is 10.5 Å². The van der Waals surface area contributed by atoms with E-state index in [0.29, 0.717) is 16.0 Å². The number of aliphatic carboxylic acids is 3. The van der Waals surface area contributed by atoms with E-state index >= 15 is 0 Å². The summed E-state index contributed by atoms with van der Waals surface area (Å²) in [6, 6.07) is 11.6. The first kappa shape index (κ1) is 38.4. The molecule has 256 valence electrons. The van der Waals surface area contributed by atoms with Crippen molar-refractivity contribution in [2.75, 3.05) is 0 Å². The first-order valence-electron chi connectivity index (χ1n) is 15.3. The Hall–Kier alpha value is -4.78. The summed E-state index contributed by atoms with van der Waals surface area (Å²) in [5.41, 5.74) is 6.14. The lowest BCUT2D eigenvalue weighted by atomic mass is 9.89. The molecule has 2 unspecified atom stereocenters. The highest BCUT2D eigenvalue weighted by molar-refractivity contribution is 6.02. The standard InChI is InChI=1S/C34H45N3O10/c1-20(2)16-26(32(44)45)37(33(46)47-34(3,4)5)29(39)27(24(31(42)43)18-22-14-10-7-11-15-22)36-28(38)25(35)19-23(30(40)41)17-21-12-8-6-9-13-21/h6-15,20,23-27H,16-19,35H2,1-5H3,(H,36,38)(H,40,41)(H,42,43)(H,44,45)/t23?,24?,25-,26-,27-/m0/s1. The van der Waals surface area contributed by atoms with E-state index in [2.05, 4.69) is 5.32 Å². The van der Waals surface area contributed by atoms with Crippen molar-refractivity contribution in [3.05, 3.63) is 71.8 Å². The Labute approximate surface area is 274 Å². The number of hydrogen-bond donors (Lipinski definition) is 5. The summed E-state index contributed by atoms with van der Waals surface area (Å²) in [5.74, 6) is -9.78. The number of ether oxygens (including phenoxy) is 1. The van der Waals surface area contributed by atoms with Crippen molar-refractivity contribution in [1.82, 2.24) is 10.2 Å². The van der Waals surface area contributed by atoms with Crippen LogP contribution in [0, 0.1) is 17.8 Å². The predicted molar refractivity (Wildman–Crippen MR) is 171 cm³/mol. The lowest BCUT2D eigenvalue weighted by molar-refractivity contribution is -0.154. The van der Waals surface area contributed by atoms with E-state index in [-0.39, 0.29) is 31.6 Å². The van der Waals surface area contributed by atoms with Gasteiger partial charge in [-0.25, -0.2) is 14.5 Å². The molecule has 0 saturated carbocycles. The molecule has 3 amide bonds. The zero-order valence-corrected chi connectivity index (χ0v) is 27.3. The van der Waals surface area contributed by atoms with Crippen LogP contribution in [0.2, 0.25) is 0 Å². The van der Waals surface area contributed by atoms with Crippen LogP contribution in [0.15, 0.2) is 60.7 Å². The van der Waals surface area contributed by atoms with Crippen LogP contribution >= 0.6 is 0 Å². The highest BCUT2D eigenvalue weighted by Crippen LogP contribution is 2.23. The fourth-order valence-electron chi connectivity index (χ4n) is 4.99. The van der Waals surface area contributed by atoms with Crippen LogP contribution < -0.4 is 11.1 Å². The number of carboxylic acid groups (broad SMARTS) is 3. The number of rotatable bonds is 16. The molecule has 0 fully saturated rings. The first-order valence-corrected chi connectivity index (χ1v) is 15.3. The molecule has 0 aromatic heterocycles. The number of amides is 3. The maximum atomic E-state index is 14.3. The van der Waals surface area contributed by atoms with Gasteiger partial charge in [-0.05, 0) is 63.5 Å². The molecule has 0 aliphatic rings. The SMILES string of the molecule is CC(C)C[C@@H](C(=O)O)N(C(=O)OC(C)(C)C)C(=O)[C@@H](NC(=O)[C@@H](N)CC(Cc1ccccc1)C(=O)O)C(Cc1ccccc1)C(=O)O. The van der Waals surface area contributed by atoms with Crippen molar-refractivity contribution >= 4 is 35.8 Å². The minimum Gasteiger partial charge on any atom is -0.481 e. The smallest absolute Gasteiger partial charge is 0.417 e. The molecule has 5 atom stereocenters. The predicted octanol–water partition coefficient (Wildman–Crippen LogP) is 3.34. The molecule has 2 aromatic carbocycles. The number of imide groups is 1. The van der Waals surface area contributed by atoms with Gasteiger partial charge in [-0.2, -0.15) is 0 Å². The van der Waals surface area contributed by atoms with Gasteiger partial charge >= 0.3 is 24.0 Å². The topological polar surface area (TPSA) is 214 Å². The molecule has 0 bridgehead atoms. The van der Waals surface area contributed by atoms with Gasteiger partial charge in [0.05, 0.1) is 17.9 Å². The van der Waals surface area contributed by atoms with Gasteiger partial charge in [0.25, 0.3) is 5.91 Å². The van der Waals surface area contributed by atoms with Crippen LogP contribution in [0.5, 0.6) is 0 Å². The average Bonchev–Trinajstić information content (AvgIpc) is 2.97. The zero-order valence-electron chi connectivity index (χ0n) is 27.3. The van der Waals surface area contributed by atoms with E-state index in [9.17, 15) is 44.1 Å². The fourth-order valence-corrected chi connectivity index (χ4v) is 4.99. The second-order valence-corrected chi connectivity index (χ2v) is 12.9. The molecule has 0 heterocycles. The van der Waals surface area contributed by atoms with Gasteiger partial charge in [0.15, 0.2) is 0 Å². The van der Waals surface area contributed by atoms with E-state index in [1.54, 1.807) is 74.5 Å². The number of carbonyl (C=O) groups excluding carboxylic acids is 3. The van der Waals surface area contributed by atoms with Gasteiger partial charge in [0.1, 0.15) is 17.7 Å². The van der Waals surface area contributed by atoms with Crippen molar-refractivity contribution in [3.8, 4) is 0 Å². The van der Waals surface area contributed by atoms with Gasteiger partial charge in [-0.15, -0.1) is 0 Å². The van der Waals surface area contributed by atoms with Crippen molar-refractivity contribution in [2.24, 2.45) is 23.5 Å². The Bertz CT molecular complexity index is 1390. The molecular formula is C34H45N3O10. The molecule has 13 heteroatoms. The van der Waals surface area contributed by atoms with Crippen LogP contribution in [0.25, 0.3) is 0 Å². The summed E-state index contributed by atoms with van der Waals surface area (Å²) in [6.45, 7) is 7.88. The molecule has 2 rings (SSSR count). The minimum absolute atomic E-state index is 0.0488. The number of nitrogens with zero attached hydrogens (tertiary/aromatic N) is 1. The molecule has 6 N–H and O–H groups in total. The number of nitrogens with one attached hydrogen (secondary N) is 1. The van der Waals surface area contributed by atoms with E-state index in [1.807, 2.05) is 0 Å². The number of carbonyl (C=O) groups is 6. The maximum Gasteiger partial charge on any atom is 0.417 e. The quantitative estimate of drug-likeness (QED) is 0.177. The third kappa shape index (κ3) is 12.2. The third-order valence-corrected chi connectivity index (χ3v) is 7.25. The molecule has 0 radical (unpaired) electrons. The molecule has 0 saturated heterocycles. The molecule has 13 nitrogen and oxygen atoms in total. The molecule has 47 heavy (non-hydrogen) atoms. The van der Waals surface area contributed by atoms with Gasteiger partial charge in [-0.3, -0.25) is 19.2 Å². The van der Waals surface area contributed by atoms with Crippen molar-refractivity contribution in [1.29, 1.82) is 0 Å². The summed E-state index contributed by atoms with van der Waals surface area (Å²) in [6.07, 6.45) is -2.15. The fraction of sp³-hybridized carbons (Fsp3) is 0.471. The Morgan fingerprint density at radius 3 is 1.72 bits per heavy atom. The summed E-state index contributed by atoms with van der Waals surface area (Å²) >= 11 is 0. The second-order valence-electron chi connectivity index (χ2n) is 12.9. The van der Waals surface area contributed by atoms with Crippen LogP contribution in [0.3, 0.4) is 0 Å². The van der Waals surface area contributed by atoms with Crippen molar-refractivity contribution in [2.45, 2.75) is 84.0 Å². The average molecular weight is 656 g/mol. The van der Waals surface area contributed by atoms with Gasteiger partial charge < -0.3 is 31.1 Å². The molecular weight excluding hydrogens is 610 g/mol. The molecule has 0 aliphatic heterocycles. The third-order valence-electron chi connectivity index (χ3n) is 7.25. The molecule has 2 aromatic rings. The Balaban J connectivity index is 2.58. The number of hydrogen-bond acceptors (Lipinski definition) is 8. The minimum atomic E-state index is -2.00. The highest BCUT2D eigenvalue weighted by Gasteiger charge is 2.46. The number of nitrogens with two attached hydrogens (primary N) is 1. The molecule has 0 aliphatic carbocycles. The van der Waals surface area contributed by atoms with Crippen molar-refractivity contribution in [3.63, 3.8) is 0 Å². The lowest BCUT2D eigenvalue weighted by Crippen LogP contribution is -2.61. The van der Waals surface area contributed by atoms with E-state index in [0.717, 1.165) is 0 Å². The van der Waals surface area contributed by atoms with Crippen LogP contribution in [0.4, 0.5) is 4.79 Å². The van der Waals surface area contributed by atoms with E-state index in [1.165, 1.54) is 20.8 Å². The Morgan fingerprint density at radius 1 is 0.787 bits per heavy atom. The van der Waals surface area contributed by atoms with Gasteiger partial charge in [0.2, 0.25) is 5.91 Å². The Kier molecular flexibility index (Phi) is 14.1. The molecule has 0 spiro atoms. The summed E-state index contributed by atoms with van der Waals surface area (Å²) < 4.78 is 5.38. The first-order chi connectivity index (χ1) is 21.9. The largest absolute Gasteiger partial charge is 0.481 e. The van der Waals surface area contributed by atoms with Gasteiger partial charge in [0, 0.05) is 0 Å². The van der Waals surface area contributed by atoms with Crippen molar-refractivity contribution < 1.29 is 48.8 Å². The summed E-state index contributed by atoms with van der Waals surface area (Å²) in [7, 11) is 0.